The first-order valence-electron chi connectivity index (χ1n) is 8.23. The van der Waals surface area contributed by atoms with Crippen molar-refractivity contribution in [3.63, 3.8) is 0 Å². The molecular weight excluding hydrogens is 264 g/mol. The second-order valence-electron chi connectivity index (χ2n) is 5.39. The van der Waals surface area contributed by atoms with Crippen molar-refractivity contribution in [1.29, 1.82) is 0 Å². The molecule has 0 unspecified atom stereocenters. The van der Waals surface area contributed by atoms with Crippen molar-refractivity contribution in [3.8, 4) is 0 Å². The van der Waals surface area contributed by atoms with E-state index in [1.807, 2.05) is 6.07 Å². The minimum absolute atomic E-state index is 0.425. The molecule has 0 atom stereocenters. The highest BCUT2D eigenvalue weighted by Gasteiger charge is 2.06. The summed E-state index contributed by atoms with van der Waals surface area (Å²) in [5.41, 5.74) is 0.518. The van der Waals surface area contributed by atoms with E-state index in [-0.39, 0.29) is 0 Å². The lowest BCUT2D eigenvalue weighted by molar-refractivity contribution is -0.241. The zero-order valence-electron chi connectivity index (χ0n) is 13.2. The van der Waals surface area contributed by atoms with Crippen LogP contribution < -0.4 is 0 Å². The largest absolute Gasteiger partial charge is 0.373 e. The van der Waals surface area contributed by atoms with Gasteiger partial charge in [0.25, 0.3) is 0 Å². The summed E-state index contributed by atoms with van der Waals surface area (Å²) >= 11 is 0. The van der Waals surface area contributed by atoms with Gasteiger partial charge in [-0.3, -0.25) is 4.89 Å². The molecular formula is C18H28O3. The third-order valence-electron chi connectivity index (χ3n) is 3.48. The van der Waals surface area contributed by atoms with Gasteiger partial charge in [-0.25, -0.2) is 4.79 Å². The fraction of sp³-hybridized carbons (Fsp3) is 0.611. The number of rotatable bonds is 12. The van der Waals surface area contributed by atoms with Crippen LogP contribution in [-0.2, 0) is 9.78 Å². The average Bonchev–Trinajstić information content (AvgIpc) is 2.53. The molecule has 0 aliphatic carbocycles. The van der Waals surface area contributed by atoms with E-state index in [9.17, 15) is 4.79 Å². The summed E-state index contributed by atoms with van der Waals surface area (Å²) in [6.45, 7) is 2.72. The Labute approximate surface area is 128 Å². The molecule has 3 nitrogen and oxygen atoms in total. The molecule has 118 valence electrons. The highest BCUT2D eigenvalue weighted by Crippen LogP contribution is 2.09. The van der Waals surface area contributed by atoms with E-state index in [2.05, 4.69) is 6.92 Å². The standard InChI is InChI=1S/C18H28O3/c1-2-3-4-5-6-7-8-9-13-16-20-21-18(19)17-14-11-10-12-15-17/h10-12,14-15H,2-9,13,16H2,1H3. The summed E-state index contributed by atoms with van der Waals surface area (Å²) in [5.74, 6) is -0.425. The van der Waals surface area contributed by atoms with E-state index < -0.39 is 5.97 Å². The van der Waals surface area contributed by atoms with Crippen LogP contribution in [0.3, 0.4) is 0 Å². The van der Waals surface area contributed by atoms with E-state index >= 15 is 0 Å². The lowest BCUT2D eigenvalue weighted by atomic mass is 10.1. The molecule has 0 spiro atoms. The van der Waals surface area contributed by atoms with Gasteiger partial charge >= 0.3 is 5.97 Å². The van der Waals surface area contributed by atoms with E-state index in [1.54, 1.807) is 24.3 Å². The van der Waals surface area contributed by atoms with Crippen molar-refractivity contribution in [2.24, 2.45) is 0 Å². The molecule has 3 heteroatoms. The molecule has 0 radical (unpaired) electrons. The Kier molecular flexibility index (Phi) is 10.4. The van der Waals surface area contributed by atoms with Crippen LogP contribution in [0.1, 0.15) is 75.1 Å². The molecule has 0 saturated carbocycles. The maximum absolute atomic E-state index is 11.6. The van der Waals surface area contributed by atoms with Gasteiger partial charge in [-0.05, 0) is 18.6 Å². The molecule has 1 rings (SSSR count). The van der Waals surface area contributed by atoms with Crippen LogP contribution in [0, 0.1) is 0 Å². The lowest BCUT2D eigenvalue weighted by Gasteiger charge is -2.04. The van der Waals surface area contributed by atoms with Crippen molar-refractivity contribution < 1.29 is 14.6 Å². The SMILES string of the molecule is CCCCCCCCCCCOOC(=O)c1ccccc1. The smallest absolute Gasteiger partial charge is 0.293 e. The van der Waals surface area contributed by atoms with Crippen molar-refractivity contribution >= 4 is 5.97 Å². The first-order valence-corrected chi connectivity index (χ1v) is 8.23. The Morgan fingerprint density at radius 2 is 1.43 bits per heavy atom. The number of benzene rings is 1. The van der Waals surface area contributed by atoms with Gasteiger partial charge in [0.1, 0.15) is 0 Å². The van der Waals surface area contributed by atoms with Crippen LogP contribution >= 0.6 is 0 Å². The van der Waals surface area contributed by atoms with Crippen LogP contribution in [0.15, 0.2) is 30.3 Å². The zero-order chi connectivity index (χ0) is 15.2. The molecule has 1 aromatic carbocycles. The predicted octanol–water partition coefficient (Wildman–Crippen LogP) is 5.31. The maximum Gasteiger partial charge on any atom is 0.373 e. The molecule has 0 aliphatic rings. The number of carbonyl (C=O) groups excluding carboxylic acids is 1. The minimum Gasteiger partial charge on any atom is -0.293 e. The van der Waals surface area contributed by atoms with Gasteiger partial charge in [0.15, 0.2) is 0 Å². The average molecular weight is 292 g/mol. The van der Waals surface area contributed by atoms with Crippen molar-refractivity contribution in [2.45, 2.75) is 64.7 Å². The zero-order valence-corrected chi connectivity index (χ0v) is 13.2. The summed E-state index contributed by atoms with van der Waals surface area (Å²) in [5, 5.41) is 0. The molecule has 0 N–H and O–H groups in total. The van der Waals surface area contributed by atoms with Gasteiger partial charge in [0.05, 0.1) is 12.2 Å². The topological polar surface area (TPSA) is 35.5 Å². The van der Waals surface area contributed by atoms with E-state index in [0.717, 1.165) is 12.8 Å². The van der Waals surface area contributed by atoms with Gasteiger partial charge < -0.3 is 0 Å². The molecule has 0 fully saturated rings. The van der Waals surface area contributed by atoms with Crippen molar-refractivity contribution in [2.75, 3.05) is 6.61 Å². The molecule has 0 aliphatic heterocycles. The summed E-state index contributed by atoms with van der Waals surface area (Å²) in [6, 6.07) is 8.89. The molecule has 0 amide bonds. The van der Waals surface area contributed by atoms with Crippen molar-refractivity contribution in [1.82, 2.24) is 0 Å². The van der Waals surface area contributed by atoms with Crippen LogP contribution in [0.2, 0.25) is 0 Å². The van der Waals surface area contributed by atoms with Gasteiger partial charge in [0, 0.05) is 0 Å². The normalized spacial score (nSPS) is 10.5. The highest BCUT2D eigenvalue weighted by molar-refractivity contribution is 5.88. The van der Waals surface area contributed by atoms with Crippen LogP contribution in [0.5, 0.6) is 0 Å². The molecule has 0 bridgehead atoms. The molecule has 0 aromatic heterocycles. The van der Waals surface area contributed by atoms with Crippen molar-refractivity contribution in [3.05, 3.63) is 35.9 Å². The first kappa shape index (κ1) is 17.7. The second-order valence-corrected chi connectivity index (χ2v) is 5.39. The van der Waals surface area contributed by atoms with Gasteiger partial charge in [-0.1, -0.05) is 76.5 Å². The predicted molar refractivity (Wildman–Crippen MR) is 85.0 cm³/mol. The van der Waals surface area contributed by atoms with E-state index in [1.165, 1.54) is 44.9 Å². The minimum atomic E-state index is -0.425. The van der Waals surface area contributed by atoms with Gasteiger partial charge in [-0.15, -0.1) is 0 Å². The highest BCUT2D eigenvalue weighted by atomic mass is 17.2. The van der Waals surface area contributed by atoms with Gasteiger partial charge in [-0.2, -0.15) is 4.89 Å². The molecule has 1 aromatic rings. The Morgan fingerprint density at radius 1 is 0.857 bits per heavy atom. The maximum atomic E-state index is 11.6. The van der Waals surface area contributed by atoms with Crippen LogP contribution in [0.4, 0.5) is 0 Å². The number of carbonyl (C=O) groups is 1. The summed E-state index contributed by atoms with van der Waals surface area (Å²) < 4.78 is 0. The lowest BCUT2D eigenvalue weighted by Crippen LogP contribution is -2.06. The van der Waals surface area contributed by atoms with E-state index in [4.69, 9.17) is 9.78 Å². The summed E-state index contributed by atoms with van der Waals surface area (Å²) in [7, 11) is 0. The molecule has 0 heterocycles. The monoisotopic (exact) mass is 292 g/mol. The third kappa shape index (κ3) is 9.24. The fourth-order valence-corrected chi connectivity index (χ4v) is 2.19. The second kappa shape index (κ2) is 12.4. The number of unbranched alkanes of at least 4 members (excludes halogenated alkanes) is 8. The third-order valence-corrected chi connectivity index (χ3v) is 3.48. The Morgan fingerprint density at radius 3 is 2.05 bits per heavy atom. The fourth-order valence-electron chi connectivity index (χ4n) is 2.19. The van der Waals surface area contributed by atoms with Gasteiger partial charge in [0.2, 0.25) is 0 Å². The Balaban J connectivity index is 1.88. The quantitative estimate of drug-likeness (QED) is 0.298. The van der Waals surface area contributed by atoms with Crippen LogP contribution in [0.25, 0.3) is 0 Å². The van der Waals surface area contributed by atoms with E-state index in [0.29, 0.717) is 12.2 Å². The summed E-state index contributed by atoms with van der Waals surface area (Å²) in [6.07, 6.45) is 11.3. The molecule has 21 heavy (non-hydrogen) atoms. The molecule has 0 saturated heterocycles. The first-order chi connectivity index (χ1) is 10.3. The number of hydrogen-bond acceptors (Lipinski definition) is 3. The Bertz CT molecular complexity index is 362. The Hall–Kier alpha value is -1.35. The number of hydrogen-bond donors (Lipinski definition) is 0. The summed E-state index contributed by atoms with van der Waals surface area (Å²) in [4.78, 5) is 21.3. The van der Waals surface area contributed by atoms with Crippen LogP contribution in [-0.4, -0.2) is 12.6 Å².